The van der Waals surface area contributed by atoms with Crippen LogP contribution in [0.25, 0.3) is 0 Å². The maximum absolute atomic E-state index is 11.7. The molecule has 1 unspecified atom stereocenters. The predicted octanol–water partition coefficient (Wildman–Crippen LogP) is 3.07. The maximum Gasteiger partial charge on any atom is 0.412 e. The molecule has 0 aliphatic heterocycles. The molecule has 20 heavy (non-hydrogen) atoms. The van der Waals surface area contributed by atoms with Crippen molar-refractivity contribution in [2.24, 2.45) is 5.73 Å². The molecule has 0 aliphatic carbocycles. The van der Waals surface area contributed by atoms with Gasteiger partial charge in [-0.05, 0) is 44.9 Å². The number of aliphatic hydroxyl groups is 1. The van der Waals surface area contributed by atoms with E-state index in [1.165, 1.54) is 0 Å². The van der Waals surface area contributed by atoms with E-state index < -0.39 is 11.7 Å². The number of nitrogens with one attached hydrogen (secondary N) is 1. The monoisotopic (exact) mass is 300 g/mol. The van der Waals surface area contributed by atoms with Gasteiger partial charge in [0.25, 0.3) is 0 Å². The van der Waals surface area contributed by atoms with Crippen molar-refractivity contribution in [3.05, 3.63) is 28.8 Å². The first-order valence-electron chi connectivity index (χ1n) is 6.39. The summed E-state index contributed by atoms with van der Waals surface area (Å²) in [4.78, 5) is 11.7. The van der Waals surface area contributed by atoms with Crippen LogP contribution in [0.15, 0.2) is 18.2 Å². The van der Waals surface area contributed by atoms with E-state index in [2.05, 4.69) is 5.32 Å². The van der Waals surface area contributed by atoms with Crippen molar-refractivity contribution in [1.82, 2.24) is 0 Å². The number of nitrogens with two attached hydrogens (primary N) is 1. The number of ether oxygens (including phenoxy) is 1. The molecule has 5 nitrogen and oxygen atoms in total. The van der Waals surface area contributed by atoms with Gasteiger partial charge in [0.2, 0.25) is 0 Å². The molecule has 0 spiro atoms. The van der Waals surface area contributed by atoms with Gasteiger partial charge in [-0.2, -0.15) is 0 Å². The van der Waals surface area contributed by atoms with E-state index in [4.69, 9.17) is 27.2 Å². The van der Waals surface area contributed by atoms with Crippen molar-refractivity contribution in [1.29, 1.82) is 0 Å². The third kappa shape index (κ3) is 5.36. The minimum absolute atomic E-state index is 0.0106. The number of amides is 1. The number of rotatable bonds is 4. The van der Waals surface area contributed by atoms with Gasteiger partial charge in [-0.25, -0.2) is 4.79 Å². The fraction of sp³-hybridized carbons (Fsp3) is 0.500. The summed E-state index contributed by atoms with van der Waals surface area (Å²) in [6, 6.07) is 4.82. The first-order valence-corrected chi connectivity index (χ1v) is 6.76. The molecule has 0 radical (unpaired) electrons. The number of aliphatic hydroxyl groups excluding tert-OH is 1. The van der Waals surface area contributed by atoms with Crippen LogP contribution in [0, 0.1) is 0 Å². The van der Waals surface area contributed by atoms with Crippen molar-refractivity contribution in [2.75, 3.05) is 11.9 Å². The van der Waals surface area contributed by atoms with Crippen LogP contribution >= 0.6 is 11.6 Å². The Morgan fingerprint density at radius 3 is 2.65 bits per heavy atom. The van der Waals surface area contributed by atoms with Crippen LogP contribution in [-0.2, 0) is 4.74 Å². The first kappa shape index (κ1) is 16.8. The molecular formula is C14H21ClN2O3. The zero-order valence-corrected chi connectivity index (χ0v) is 12.7. The zero-order chi connectivity index (χ0) is 15.3. The van der Waals surface area contributed by atoms with E-state index in [0.29, 0.717) is 17.1 Å². The lowest BCUT2D eigenvalue weighted by atomic mass is 10.0. The summed E-state index contributed by atoms with van der Waals surface area (Å²) in [5.41, 5.74) is 6.57. The van der Waals surface area contributed by atoms with Gasteiger partial charge < -0.3 is 15.6 Å². The Labute approximate surface area is 124 Å². The third-order valence-corrected chi connectivity index (χ3v) is 2.81. The molecule has 4 N–H and O–H groups in total. The molecular weight excluding hydrogens is 280 g/mol. The summed E-state index contributed by atoms with van der Waals surface area (Å²) in [6.45, 7) is 5.36. The van der Waals surface area contributed by atoms with E-state index in [1.807, 2.05) is 0 Å². The highest BCUT2D eigenvalue weighted by atomic mass is 35.5. The molecule has 112 valence electrons. The van der Waals surface area contributed by atoms with E-state index in [0.717, 1.165) is 5.56 Å². The van der Waals surface area contributed by atoms with Gasteiger partial charge in [-0.3, -0.25) is 5.32 Å². The molecule has 6 heteroatoms. The van der Waals surface area contributed by atoms with Gasteiger partial charge in [-0.15, -0.1) is 0 Å². The second kappa shape index (κ2) is 6.92. The van der Waals surface area contributed by atoms with Crippen molar-refractivity contribution in [3.8, 4) is 0 Å². The Balaban J connectivity index is 2.76. The fourth-order valence-electron chi connectivity index (χ4n) is 1.58. The van der Waals surface area contributed by atoms with Gasteiger partial charge >= 0.3 is 6.09 Å². The summed E-state index contributed by atoms with van der Waals surface area (Å²) < 4.78 is 5.15. The van der Waals surface area contributed by atoms with Crippen molar-refractivity contribution >= 4 is 23.4 Å². The van der Waals surface area contributed by atoms with Crippen LogP contribution in [0.3, 0.4) is 0 Å². The Morgan fingerprint density at radius 2 is 2.15 bits per heavy atom. The number of halogens is 1. The minimum atomic E-state index is -0.569. The second-order valence-electron chi connectivity index (χ2n) is 5.48. The highest BCUT2D eigenvalue weighted by Crippen LogP contribution is 2.26. The lowest BCUT2D eigenvalue weighted by Crippen LogP contribution is -2.27. The molecule has 0 heterocycles. The number of anilines is 1. The van der Waals surface area contributed by atoms with Gasteiger partial charge in [0.05, 0.1) is 10.7 Å². The van der Waals surface area contributed by atoms with Gasteiger partial charge in [0, 0.05) is 12.6 Å². The molecule has 1 atom stereocenters. The molecule has 1 rings (SSSR count). The SMILES string of the molecule is CC(C)(C)OC(=O)Nc1ccc(C(N)CCO)cc1Cl. The van der Waals surface area contributed by atoms with E-state index in [9.17, 15) is 4.79 Å². The van der Waals surface area contributed by atoms with Crippen LogP contribution < -0.4 is 11.1 Å². The van der Waals surface area contributed by atoms with Gasteiger partial charge in [0.15, 0.2) is 0 Å². The molecule has 1 aromatic carbocycles. The molecule has 0 fully saturated rings. The smallest absolute Gasteiger partial charge is 0.412 e. The second-order valence-corrected chi connectivity index (χ2v) is 5.89. The lowest BCUT2D eigenvalue weighted by molar-refractivity contribution is 0.0636. The van der Waals surface area contributed by atoms with Crippen LogP contribution in [0.2, 0.25) is 5.02 Å². The molecule has 0 aliphatic rings. The minimum Gasteiger partial charge on any atom is -0.444 e. The van der Waals surface area contributed by atoms with Crippen LogP contribution in [0.5, 0.6) is 0 Å². The lowest BCUT2D eigenvalue weighted by Gasteiger charge is -2.20. The molecule has 0 aromatic heterocycles. The van der Waals surface area contributed by atoms with Gasteiger partial charge in [-0.1, -0.05) is 17.7 Å². The number of carbonyl (C=O) groups is 1. The highest BCUT2D eigenvalue weighted by Gasteiger charge is 2.17. The Hall–Kier alpha value is -1.30. The van der Waals surface area contributed by atoms with Crippen LogP contribution in [0.4, 0.5) is 10.5 Å². The first-order chi connectivity index (χ1) is 9.23. The molecule has 1 aromatic rings. The van der Waals surface area contributed by atoms with Crippen molar-refractivity contribution < 1.29 is 14.6 Å². The Bertz CT molecular complexity index is 472. The number of carbonyl (C=O) groups excluding carboxylic acids is 1. The quantitative estimate of drug-likeness (QED) is 0.798. The van der Waals surface area contributed by atoms with E-state index in [-0.39, 0.29) is 12.6 Å². The average Bonchev–Trinajstić information content (AvgIpc) is 2.29. The summed E-state index contributed by atoms with van der Waals surface area (Å²) in [7, 11) is 0. The largest absolute Gasteiger partial charge is 0.444 e. The summed E-state index contributed by atoms with van der Waals surface area (Å²) in [5.74, 6) is 0. The van der Waals surface area contributed by atoms with Gasteiger partial charge in [0.1, 0.15) is 5.60 Å². The Kier molecular flexibility index (Phi) is 5.80. The van der Waals surface area contributed by atoms with Crippen molar-refractivity contribution in [2.45, 2.75) is 38.8 Å². The predicted molar refractivity (Wildman–Crippen MR) is 79.9 cm³/mol. The molecule has 0 bridgehead atoms. The van der Waals surface area contributed by atoms with Crippen LogP contribution in [0.1, 0.15) is 38.8 Å². The summed E-state index contributed by atoms with van der Waals surface area (Å²) >= 11 is 6.10. The molecule has 0 saturated carbocycles. The fourth-order valence-corrected chi connectivity index (χ4v) is 1.82. The van der Waals surface area contributed by atoms with Crippen molar-refractivity contribution in [3.63, 3.8) is 0 Å². The molecule has 1 amide bonds. The van der Waals surface area contributed by atoms with E-state index in [1.54, 1.807) is 39.0 Å². The molecule has 0 saturated heterocycles. The highest BCUT2D eigenvalue weighted by molar-refractivity contribution is 6.33. The number of hydrogen-bond donors (Lipinski definition) is 3. The number of benzene rings is 1. The number of hydrogen-bond acceptors (Lipinski definition) is 4. The van der Waals surface area contributed by atoms with E-state index >= 15 is 0 Å². The topological polar surface area (TPSA) is 84.6 Å². The maximum atomic E-state index is 11.7. The normalized spacial score (nSPS) is 12.9. The Morgan fingerprint density at radius 1 is 1.50 bits per heavy atom. The third-order valence-electron chi connectivity index (χ3n) is 2.50. The summed E-state index contributed by atoms with van der Waals surface area (Å²) in [6.07, 6.45) is -0.110. The van der Waals surface area contributed by atoms with Crippen LogP contribution in [-0.4, -0.2) is 23.4 Å². The average molecular weight is 301 g/mol. The summed E-state index contributed by atoms with van der Waals surface area (Å²) in [5, 5.41) is 11.8. The standard InChI is InChI=1S/C14H21ClN2O3/c1-14(2,3)20-13(19)17-12-5-4-9(8-10(12)15)11(16)6-7-18/h4-5,8,11,18H,6-7,16H2,1-3H3,(H,17,19). The zero-order valence-electron chi connectivity index (χ0n) is 11.9.